The molecule has 0 spiro atoms. The van der Waals surface area contributed by atoms with Crippen LogP contribution in [0.15, 0.2) is 0 Å². The second-order valence-electron chi connectivity index (χ2n) is 6.73. The lowest BCUT2D eigenvalue weighted by atomic mass is 9.92. The van der Waals surface area contributed by atoms with Crippen molar-refractivity contribution in [3.05, 3.63) is 0 Å². The molecule has 2 unspecified atom stereocenters. The zero-order chi connectivity index (χ0) is 12.2. The van der Waals surface area contributed by atoms with Crippen LogP contribution in [-0.4, -0.2) is 36.6 Å². The van der Waals surface area contributed by atoms with Crippen LogP contribution in [0.2, 0.25) is 0 Å². The molecule has 2 aliphatic carbocycles. The van der Waals surface area contributed by atoms with Crippen LogP contribution in [-0.2, 0) is 0 Å². The molecule has 3 rings (SSSR count). The van der Waals surface area contributed by atoms with Gasteiger partial charge in [-0.3, -0.25) is 0 Å². The van der Waals surface area contributed by atoms with Gasteiger partial charge in [0.2, 0.25) is 0 Å². The number of rotatable bonds is 7. The maximum absolute atomic E-state index is 3.62. The van der Waals surface area contributed by atoms with Gasteiger partial charge in [-0.1, -0.05) is 12.8 Å². The van der Waals surface area contributed by atoms with E-state index in [-0.39, 0.29) is 0 Å². The molecule has 2 heteroatoms. The Hall–Kier alpha value is -0.0800. The summed E-state index contributed by atoms with van der Waals surface area (Å²) in [6.45, 7) is 4.03. The van der Waals surface area contributed by atoms with Crippen LogP contribution in [0.4, 0.5) is 0 Å². The zero-order valence-electron chi connectivity index (χ0n) is 11.9. The summed E-state index contributed by atoms with van der Waals surface area (Å²) < 4.78 is 0. The number of hydrogen-bond acceptors (Lipinski definition) is 2. The average Bonchev–Trinajstić information content (AvgIpc) is 3.08. The van der Waals surface area contributed by atoms with E-state index in [0.29, 0.717) is 0 Å². The Balaban J connectivity index is 1.27. The molecule has 1 heterocycles. The molecule has 0 radical (unpaired) electrons. The molecule has 2 saturated carbocycles. The first-order valence-corrected chi connectivity index (χ1v) is 8.41. The van der Waals surface area contributed by atoms with E-state index in [1.165, 1.54) is 83.8 Å². The summed E-state index contributed by atoms with van der Waals surface area (Å²) >= 11 is 0. The highest BCUT2D eigenvalue weighted by Gasteiger charge is 2.34. The third-order valence-electron chi connectivity index (χ3n) is 5.24. The van der Waals surface area contributed by atoms with Crippen molar-refractivity contribution in [1.29, 1.82) is 0 Å². The van der Waals surface area contributed by atoms with E-state index in [1.807, 2.05) is 0 Å². The molecule has 2 atom stereocenters. The van der Waals surface area contributed by atoms with E-state index in [2.05, 4.69) is 10.2 Å². The van der Waals surface area contributed by atoms with Crippen molar-refractivity contribution in [2.45, 2.75) is 76.3 Å². The molecular weight excluding hydrogens is 220 g/mol. The molecule has 0 aromatic heterocycles. The topological polar surface area (TPSA) is 15.3 Å². The minimum Gasteiger partial charge on any atom is -0.314 e. The fraction of sp³-hybridized carbons (Fsp3) is 1.00. The highest BCUT2D eigenvalue weighted by molar-refractivity contribution is 4.89. The normalized spacial score (nSPS) is 32.7. The Morgan fingerprint density at radius 3 is 2.67 bits per heavy atom. The van der Waals surface area contributed by atoms with Crippen LogP contribution in [0, 0.1) is 5.92 Å². The third-order valence-corrected chi connectivity index (χ3v) is 5.24. The molecule has 1 saturated heterocycles. The van der Waals surface area contributed by atoms with Crippen molar-refractivity contribution in [2.75, 3.05) is 19.6 Å². The summed E-state index contributed by atoms with van der Waals surface area (Å²) in [7, 11) is 0. The number of unbranched alkanes of at least 4 members (excludes halogenated alkanes) is 2. The van der Waals surface area contributed by atoms with Gasteiger partial charge in [-0.25, -0.2) is 0 Å². The predicted molar refractivity (Wildman–Crippen MR) is 76.8 cm³/mol. The van der Waals surface area contributed by atoms with Gasteiger partial charge in [-0.2, -0.15) is 0 Å². The van der Waals surface area contributed by atoms with E-state index < -0.39 is 0 Å². The van der Waals surface area contributed by atoms with Crippen molar-refractivity contribution >= 4 is 0 Å². The molecule has 3 fully saturated rings. The standard InChI is InChI=1S/C16H30N2/c1(2-11-17-15-9-10-15)3-12-18-13-5-7-14-6-4-8-16(14)18/h14-17H,1-13H2. The fourth-order valence-corrected chi connectivity index (χ4v) is 4.05. The van der Waals surface area contributed by atoms with Crippen LogP contribution in [0.25, 0.3) is 0 Å². The van der Waals surface area contributed by atoms with Crippen molar-refractivity contribution < 1.29 is 0 Å². The Bertz CT molecular complexity index is 249. The minimum atomic E-state index is 0.895. The second-order valence-corrected chi connectivity index (χ2v) is 6.73. The maximum Gasteiger partial charge on any atom is 0.0123 e. The van der Waals surface area contributed by atoms with E-state index in [0.717, 1.165) is 18.0 Å². The van der Waals surface area contributed by atoms with Gasteiger partial charge >= 0.3 is 0 Å². The maximum atomic E-state index is 3.62. The van der Waals surface area contributed by atoms with Crippen molar-refractivity contribution in [3.63, 3.8) is 0 Å². The van der Waals surface area contributed by atoms with E-state index >= 15 is 0 Å². The summed E-state index contributed by atoms with van der Waals surface area (Å²) in [5.41, 5.74) is 0. The fourth-order valence-electron chi connectivity index (χ4n) is 4.05. The van der Waals surface area contributed by atoms with Crippen molar-refractivity contribution in [3.8, 4) is 0 Å². The quantitative estimate of drug-likeness (QED) is 0.698. The van der Waals surface area contributed by atoms with Crippen LogP contribution < -0.4 is 5.32 Å². The Kier molecular flexibility index (Phi) is 4.58. The lowest BCUT2D eigenvalue weighted by Gasteiger charge is -2.37. The monoisotopic (exact) mass is 250 g/mol. The van der Waals surface area contributed by atoms with Crippen LogP contribution in [0.3, 0.4) is 0 Å². The van der Waals surface area contributed by atoms with Crippen LogP contribution in [0.1, 0.15) is 64.2 Å². The summed E-state index contributed by atoms with van der Waals surface area (Å²) in [5.74, 6) is 1.07. The highest BCUT2D eigenvalue weighted by atomic mass is 15.2. The van der Waals surface area contributed by atoms with Gasteiger partial charge in [0.05, 0.1) is 0 Å². The first-order valence-electron chi connectivity index (χ1n) is 8.41. The van der Waals surface area contributed by atoms with Crippen molar-refractivity contribution in [2.24, 2.45) is 5.92 Å². The summed E-state index contributed by atoms with van der Waals surface area (Å²) in [4.78, 5) is 2.83. The van der Waals surface area contributed by atoms with Gasteiger partial charge in [-0.15, -0.1) is 0 Å². The lowest BCUT2D eigenvalue weighted by Crippen LogP contribution is -2.42. The highest BCUT2D eigenvalue weighted by Crippen LogP contribution is 2.36. The summed E-state index contributed by atoms with van der Waals surface area (Å²) in [5, 5.41) is 3.62. The molecule has 2 nitrogen and oxygen atoms in total. The number of nitrogens with one attached hydrogen (secondary N) is 1. The molecule has 0 bridgehead atoms. The predicted octanol–water partition coefficient (Wildman–Crippen LogP) is 3.17. The van der Waals surface area contributed by atoms with Crippen molar-refractivity contribution in [1.82, 2.24) is 10.2 Å². The van der Waals surface area contributed by atoms with E-state index in [1.54, 1.807) is 0 Å². The SMILES string of the molecule is C(CCNC1CC1)CCN1CCCC2CCCC21. The zero-order valence-corrected chi connectivity index (χ0v) is 11.9. The van der Waals surface area contributed by atoms with Crippen LogP contribution in [0.5, 0.6) is 0 Å². The largest absolute Gasteiger partial charge is 0.314 e. The van der Waals surface area contributed by atoms with E-state index in [4.69, 9.17) is 0 Å². The van der Waals surface area contributed by atoms with Gasteiger partial charge in [-0.05, 0) is 76.9 Å². The second kappa shape index (κ2) is 6.38. The lowest BCUT2D eigenvalue weighted by molar-refractivity contribution is 0.111. The van der Waals surface area contributed by atoms with Gasteiger partial charge in [0.1, 0.15) is 0 Å². The van der Waals surface area contributed by atoms with E-state index in [9.17, 15) is 0 Å². The first-order chi connectivity index (χ1) is 8.93. The van der Waals surface area contributed by atoms with Gasteiger partial charge in [0, 0.05) is 12.1 Å². The summed E-state index contributed by atoms with van der Waals surface area (Å²) in [6, 6.07) is 1.87. The molecule has 1 N–H and O–H groups in total. The van der Waals surface area contributed by atoms with Gasteiger partial charge in [0.25, 0.3) is 0 Å². The van der Waals surface area contributed by atoms with Crippen LogP contribution >= 0.6 is 0 Å². The molecule has 18 heavy (non-hydrogen) atoms. The Morgan fingerprint density at radius 2 is 1.78 bits per heavy atom. The van der Waals surface area contributed by atoms with Gasteiger partial charge < -0.3 is 10.2 Å². The summed E-state index contributed by atoms with van der Waals surface area (Å²) in [6.07, 6.45) is 14.6. The number of fused-ring (bicyclic) bond motifs is 1. The Morgan fingerprint density at radius 1 is 0.889 bits per heavy atom. The molecule has 104 valence electrons. The number of hydrogen-bond donors (Lipinski definition) is 1. The third kappa shape index (κ3) is 3.48. The number of likely N-dealkylation sites (tertiary alicyclic amines) is 1. The first kappa shape index (κ1) is 12.9. The molecule has 1 aliphatic heterocycles. The molecule has 0 aromatic rings. The number of piperidine rings is 1. The molecular formula is C16H30N2. The smallest absolute Gasteiger partial charge is 0.0123 e. The average molecular weight is 250 g/mol. The minimum absolute atomic E-state index is 0.895. The molecule has 0 amide bonds. The Labute approximate surface area is 113 Å². The van der Waals surface area contributed by atoms with Gasteiger partial charge in [0.15, 0.2) is 0 Å². The molecule has 0 aromatic carbocycles. The number of nitrogens with zero attached hydrogens (tertiary/aromatic N) is 1. The molecule has 3 aliphatic rings.